The molecule has 2 aromatic heterocycles. The van der Waals surface area contributed by atoms with E-state index in [1.807, 2.05) is 0 Å². The molecule has 10 heteroatoms. The third-order valence-electron chi connectivity index (χ3n) is 3.46. The van der Waals surface area contributed by atoms with Crippen LogP contribution in [0.1, 0.15) is 21.8 Å². The first-order chi connectivity index (χ1) is 12.8. The number of halogens is 4. The smallest absolute Gasteiger partial charge is 0.418 e. The monoisotopic (exact) mass is 396 g/mol. The van der Waals surface area contributed by atoms with Crippen LogP contribution in [0.2, 0.25) is 5.02 Å². The third-order valence-corrected chi connectivity index (χ3v) is 3.69. The van der Waals surface area contributed by atoms with Crippen molar-refractivity contribution in [2.45, 2.75) is 12.7 Å². The summed E-state index contributed by atoms with van der Waals surface area (Å²) in [6.45, 7) is 0.320. The maximum Gasteiger partial charge on any atom is 0.418 e. The van der Waals surface area contributed by atoms with Crippen LogP contribution >= 0.6 is 11.6 Å². The van der Waals surface area contributed by atoms with E-state index in [1.54, 1.807) is 12.1 Å². The zero-order valence-electron chi connectivity index (χ0n) is 13.5. The number of aromatic nitrogens is 2. The largest absolute Gasteiger partial charge is 0.467 e. The van der Waals surface area contributed by atoms with Gasteiger partial charge in [-0.2, -0.15) is 13.2 Å². The van der Waals surface area contributed by atoms with E-state index in [2.05, 4.69) is 20.6 Å². The molecule has 0 unspecified atom stereocenters. The van der Waals surface area contributed by atoms with Crippen LogP contribution in [0.5, 0.6) is 0 Å². The fourth-order valence-electron chi connectivity index (χ4n) is 2.22. The third kappa shape index (κ3) is 4.76. The highest BCUT2D eigenvalue weighted by Gasteiger charge is 2.34. The second kappa shape index (κ2) is 7.67. The number of nitrogens with zero attached hydrogens (tertiary/aromatic N) is 2. The Labute approximate surface area is 156 Å². The summed E-state index contributed by atoms with van der Waals surface area (Å²) in [6, 6.07) is 7.87. The minimum atomic E-state index is -4.67. The molecule has 0 bridgehead atoms. The van der Waals surface area contributed by atoms with Crippen molar-refractivity contribution in [1.29, 1.82) is 0 Å². The van der Waals surface area contributed by atoms with E-state index in [-0.39, 0.29) is 10.7 Å². The molecular weight excluding hydrogens is 385 g/mol. The summed E-state index contributed by atoms with van der Waals surface area (Å²) in [4.78, 5) is 20.1. The van der Waals surface area contributed by atoms with Gasteiger partial charge in [-0.25, -0.2) is 9.97 Å². The lowest BCUT2D eigenvalue weighted by molar-refractivity contribution is -0.136. The highest BCUT2D eigenvalue weighted by Crippen LogP contribution is 2.36. The lowest BCUT2D eigenvalue weighted by Gasteiger charge is -2.14. The van der Waals surface area contributed by atoms with Crippen LogP contribution in [0.15, 0.2) is 53.4 Å². The Bertz CT molecular complexity index is 946. The van der Waals surface area contributed by atoms with Gasteiger partial charge in [0, 0.05) is 11.1 Å². The molecule has 0 saturated heterocycles. The van der Waals surface area contributed by atoms with E-state index < -0.39 is 23.3 Å². The van der Waals surface area contributed by atoms with Crippen LogP contribution in [0.4, 0.5) is 24.7 Å². The molecule has 0 saturated carbocycles. The summed E-state index contributed by atoms with van der Waals surface area (Å²) >= 11 is 5.63. The van der Waals surface area contributed by atoms with Crippen molar-refractivity contribution in [2.75, 3.05) is 10.6 Å². The van der Waals surface area contributed by atoms with E-state index in [0.717, 1.165) is 18.5 Å². The van der Waals surface area contributed by atoms with E-state index >= 15 is 0 Å². The first kappa shape index (κ1) is 18.7. The lowest BCUT2D eigenvalue weighted by Crippen LogP contribution is -2.18. The standard InChI is InChI=1S/C17H12ClF3N4O2/c18-10-3-4-13(12(6-10)17(19,20)21)25-16(26)14-7-15(24-9-23-14)22-8-11-2-1-5-27-11/h1-7,9H,8H2,(H,25,26)(H,22,23,24). The summed E-state index contributed by atoms with van der Waals surface area (Å²) in [5, 5.41) is 5.04. The molecule has 0 spiro atoms. The van der Waals surface area contributed by atoms with Gasteiger partial charge in [-0.1, -0.05) is 11.6 Å². The lowest BCUT2D eigenvalue weighted by atomic mass is 10.1. The van der Waals surface area contributed by atoms with Crippen LogP contribution in [0.3, 0.4) is 0 Å². The molecule has 0 fully saturated rings. The Balaban J connectivity index is 1.76. The quantitative estimate of drug-likeness (QED) is 0.658. The van der Waals surface area contributed by atoms with Gasteiger partial charge in [-0.15, -0.1) is 0 Å². The van der Waals surface area contributed by atoms with Gasteiger partial charge in [-0.3, -0.25) is 4.79 Å². The number of anilines is 2. The first-order valence-electron chi connectivity index (χ1n) is 7.59. The zero-order valence-corrected chi connectivity index (χ0v) is 14.3. The molecule has 0 aliphatic carbocycles. The van der Waals surface area contributed by atoms with E-state index in [0.29, 0.717) is 18.1 Å². The molecule has 0 radical (unpaired) electrons. The molecule has 3 aromatic rings. The normalized spacial score (nSPS) is 11.3. The van der Waals surface area contributed by atoms with Gasteiger partial charge in [0.15, 0.2) is 0 Å². The van der Waals surface area contributed by atoms with Crippen LogP contribution in [0, 0.1) is 0 Å². The van der Waals surface area contributed by atoms with Crippen molar-refractivity contribution in [1.82, 2.24) is 9.97 Å². The Morgan fingerprint density at radius 3 is 2.70 bits per heavy atom. The second-order valence-electron chi connectivity index (χ2n) is 5.36. The summed E-state index contributed by atoms with van der Waals surface area (Å²) in [6.07, 6.45) is -2.03. The van der Waals surface area contributed by atoms with Crippen LogP contribution < -0.4 is 10.6 Å². The molecule has 1 amide bonds. The fraction of sp³-hybridized carbons (Fsp3) is 0.118. The average Bonchev–Trinajstić information content (AvgIpc) is 3.14. The Morgan fingerprint density at radius 1 is 1.19 bits per heavy atom. The van der Waals surface area contributed by atoms with E-state index in [4.69, 9.17) is 16.0 Å². The van der Waals surface area contributed by atoms with Gasteiger partial charge in [0.05, 0.1) is 24.1 Å². The molecule has 2 heterocycles. The highest BCUT2D eigenvalue weighted by molar-refractivity contribution is 6.30. The van der Waals surface area contributed by atoms with Crippen LogP contribution in [-0.4, -0.2) is 15.9 Å². The molecular formula is C17H12ClF3N4O2. The maximum atomic E-state index is 13.1. The molecule has 1 aromatic carbocycles. The molecule has 0 atom stereocenters. The number of rotatable bonds is 5. The minimum absolute atomic E-state index is 0.0910. The van der Waals surface area contributed by atoms with Crippen molar-refractivity contribution >= 4 is 29.0 Å². The summed E-state index contributed by atoms with van der Waals surface area (Å²) < 4.78 is 44.5. The molecule has 3 rings (SSSR count). The van der Waals surface area contributed by atoms with Gasteiger partial charge in [-0.05, 0) is 30.3 Å². The first-order valence-corrected chi connectivity index (χ1v) is 7.97. The van der Waals surface area contributed by atoms with Crippen molar-refractivity contribution < 1.29 is 22.4 Å². The van der Waals surface area contributed by atoms with Gasteiger partial charge >= 0.3 is 6.18 Å². The number of nitrogens with one attached hydrogen (secondary N) is 2. The number of alkyl halides is 3. The van der Waals surface area contributed by atoms with Crippen molar-refractivity contribution in [3.63, 3.8) is 0 Å². The number of hydrogen-bond acceptors (Lipinski definition) is 5. The van der Waals surface area contributed by atoms with E-state index in [9.17, 15) is 18.0 Å². The Kier molecular flexibility index (Phi) is 5.31. The number of carbonyl (C=O) groups is 1. The molecule has 27 heavy (non-hydrogen) atoms. The fourth-order valence-corrected chi connectivity index (χ4v) is 2.39. The summed E-state index contributed by atoms with van der Waals surface area (Å²) in [5.74, 6) is 0.153. The predicted molar refractivity (Wildman–Crippen MR) is 92.5 cm³/mol. The highest BCUT2D eigenvalue weighted by atomic mass is 35.5. The Morgan fingerprint density at radius 2 is 2.00 bits per heavy atom. The van der Waals surface area contributed by atoms with Crippen molar-refractivity contribution in [2.24, 2.45) is 0 Å². The van der Waals surface area contributed by atoms with Gasteiger partial charge in [0.2, 0.25) is 0 Å². The van der Waals surface area contributed by atoms with E-state index in [1.165, 1.54) is 18.4 Å². The topological polar surface area (TPSA) is 80.0 Å². The summed E-state index contributed by atoms with van der Waals surface area (Å²) in [5.41, 5.74) is -1.57. The molecule has 0 aliphatic rings. The van der Waals surface area contributed by atoms with Crippen LogP contribution in [0.25, 0.3) is 0 Å². The molecule has 0 aliphatic heterocycles. The SMILES string of the molecule is O=C(Nc1ccc(Cl)cc1C(F)(F)F)c1cc(NCc2ccco2)ncn1. The van der Waals surface area contributed by atoms with Crippen molar-refractivity contribution in [3.8, 4) is 0 Å². The Hall–Kier alpha value is -3.07. The second-order valence-corrected chi connectivity index (χ2v) is 5.80. The average molecular weight is 397 g/mol. The van der Waals surface area contributed by atoms with Crippen molar-refractivity contribution in [3.05, 3.63) is 71.0 Å². The van der Waals surface area contributed by atoms with Gasteiger partial charge < -0.3 is 15.1 Å². The molecule has 6 nitrogen and oxygen atoms in total. The number of amides is 1. The maximum absolute atomic E-state index is 13.1. The van der Waals surface area contributed by atoms with Crippen LogP contribution in [-0.2, 0) is 12.7 Å². The zero-order chi connectivity index (χ0) is 19.4. The number of benzene rings is 1. The molecule has 140 valence electrons. The number of hydrogen-bond donors (Lipinski definition) is 2. The predicted octanol–water partition coefficient (Wildman–Crippen LogP) is 4.61. The molecule has 2 N–H and O–H groups in total. The number of carbonyl (C=O) groups excluding carboxylic acids is 1. The van der Waals surface area contributed by atoms with Gasteiger partial charge in [0.1, 0.15) is 23.6 Å². The summed E-state index contributed by atoms with van der Waals surface area (Å²) in [7, 11) is 0. The van der Waals surface area contributed by atoms with Gasteiger partial charge in [0.25, 0.3) is 5.91 Å². The number of furan rings is 1. The minimum Gasteiger partial charge on any atom is -0.467 e.